The number of rotatable bonds is 5. The summed E-state index contributed by atoms with van der Waals surface area (Å²) in [5, 5.41) is 10.6. The largest absolute Gasteiger partial charge is 0.354 e. The van der Waals surface area contributed by atoms with E-state index in [1.54, 1.807) is 42.5 Å². The molecule has 0 unspecified atom stereocenters. The van der Waals surface area contributed by atoms with Gasteiger partial charge in [-0.15, -0.1) is 0 Å². The molecule has 138 valence electrons. The van der Waals surface area contributed by atoms with Crippen molar-refractivity contribution >= 4 is 34.2 Å². The molecular weight excluding hydrogens is 368 g/mol. The minimum atomic E-state index is -0.434. The molecule has 0 spiro atoms. The van der Waals surface area contributed by atoms with Gasteiger partial charge in [-0.3, -0.25) is 14.4 Å². The van der Waals surface area contributed by atoms with Crippen molar-refractivity contribution in [2.24, 2.45) is 0 Å². The minimum Gasteiger partial charge on any atom is -0.354 e. The van der Waals surface area contributed by atoms with Crippen LogP contribution >= 0.6 is 11.6 Å². The average Bonchev–Trinajstić information content (AvgIpc) is 2.68. The Morgan fingerprint density at radius 1 is 1.11 bits per heavy atom. The van der Waals surface area contributed by atoms with Crippen LogP contribution in [-0.2, 0) is 17.9 Å². The number of carbonyl (C=O) groups excluding carboxylic acids is 2. The smallest absolute Gasteiger partial charge is 0.275 e. The van der Waals surface area contributed by atoms with Crippen molar-refractivity contribution in [1.82, 2.24) is 20.4 Å². The van der Waals surface area contributed by atoms with E-state index in [-0.39, 0.29) is 18.8 Å². The third kappa shape index (κ3) is 4.15. The predicted molar refractivity (Wildman–Crippen MR) is 103 cm³/mol. The second-order valence-corrected chi connectivity index (χ2v) is 6.28. The highest BCUT2D eigenvalue weighted by Crippen LogP contribution is 2.13. The Morgan fingerprint density at radius 2 is 1.85 bits per heavy atom. The molecule has 2 N–H and O–H groups in total. The van der Waals surface area contributed by atoms with Gasteiger partial charge in [0.05, 0.1) is 5.39 Å². The fourth-order valence-corrected chi connectivity index (χ4v) is 2.88. The van der Waals surface area contributed by atoms with Gasteiger partial charge in [-0.1, -0.05) is 41.9 Å². The van der Waals surface area contributed by atoms with Crippen LogP contribution < -0.4 is 16.2 Å². The first-order valence-electron chi connectivity index (χ1n) is 8.22. The third-order valence-corrected chi connectivity index (χ3v) is 4.22. The maximum Gasteiger partial charge on any atom is 0.275 e. The normalized spacial score (nSPS) is 10.6. The predicted octanol–water partition coefficient (Wildman–Crippen LogP) is 1.73. The Bertz CT molecular complexity index is 1080. The van der Waals surface area contributed by atoms with Crippen LogP contribution in [0, 0.1) is 0 Å². The highest BCUT2D eigenvalue weighted by Gasteiger charge is 2.16. The number of nitrogens with zero attached hydrogens (tertiary/aromatic N) is 2. The summed E-state index contributed by atoms with van der Waals surface area (Å²) in [6.45, 7) is -0.0295. The van der Waals surface area contributed by atoms with Gasteiger partial charge < -0.3 is 10.6 Å². The van der Waals surface area contributed by atoms with E-state index < -0.39 is 17.4 Å². The minimum absolute atomic E-state index is 0.0929. The zero-order valence-electron chi connectivity index (χ0n) is 14.5. The van der Waals surface area contributed by atoms with Crippen LogP contribution in [0.15, 0.2) is 53.3 Å². The Morgan fingerprint density at radius 3 is 2.56 bits per heavy atom. The quantitative estimate of drug-likeness (QED) is 0.700. The molecule has 0 fully saturated rings. The summed E-state index contributed by atoms with van der Waals surface area (Å²) in [5.74, 6) is -0.831. The molecule has 8 heteroatoms. The Kier molecular flexibility index (Phi) is 5.52. The van der Waals surface area contributed by atoms with Crippen LogP contribution in [-0.4, -0.2) is 28.6 Å². The molecule has 1 heterocycles. The van der Waals surface area contributed by atoms with Crippen molar-refractivity contribution < 1.29 is 9.59 Å². The molecular formula is C19H17ClN4O3. The molecule has 0 radical (unpaired) electrons. The molecule has 3 rings (SSSR count). The van der Waals surface area contributed by atoms with E-state index >= 15 is 0 Å². The fraction of sp³-hybridized carbons (Fsp3) is 0.158. The van der Waals surface area contributed by atoms with Crippen LogP contribution in [0.5, 0.6) is 0 Å². The van der Waals surface area contributed by atoms with Gasteiger partial charge in [0.15, 0.2) is 5.69 Å². The van der Waals surface area contributed by atoms with E-state index in [0.29, 0.717) is 15.8 Å². The van der Waals surface area contributed by atoms with Crippen molar-refractivity contribution in [3.63, 3.8) is 0 Å². The molecule has 3 aromatic rings. The lowest BCUT2D eigenvalue weighted by atomic mass is 10.1. The molecule has 0 aliphatic rings. The maximum absolute atomic E-state index is 12.6. The summed E-state index contributed by atoms with van der Waals surface area (Å²) in [5.41, 5.74) is 0.493. The summed E-state index contributed by atoms with van der Waals surface area (Å²) in [6.07, 6.45) is 0. The summed E-state index contributed by atoms with van der Waals surface area (Å²) >= 11 is 5.92. The Hall–Kier alpha value is -3.19. The lowest BCUT2D eigenvalue weighted by molar-refractivity contribution is -0.122. The van der Waals surface area contributed by atoms with Gasteiger partial charge in [-0.05, 0) is 23.8 Å². The van der Waals surface area contributed by atoms with Gasteiger partial charge in [0.25, 0.3) is 11.5 Å². The average molecular weight is 385 g/mol. The van der Waals surface area contributed by atoms with Crippen LogP contribution in [0.2, 0.25) is 5.02 Å². The van der Waals surface area contributed by atoms with E-state index in [2.05, 4.69) is 15.7 Å². The molecule has 27 heavy (non-hydrogen) atoms. The molecule has 0 bridgehead atoms. The molecule has 1 aromatic heterocycles. The van der Waals surface area contributed by atoms with Crippen LogP contribution in [0.1, 0.15) is 16.1 Å². The number of amides is 2. The standard InChI is InChI=1S/C19H17ClN4O3/c1-21-18(26)17-14-7-2-3-8-15(14)19(27)24(23-17)11-16(25)22-10-12-5-4-6-13(20)9-12/h2-9H,10-11H2,1H3,(H,21,26)(H,22,25). The number of halogens is 1. The summed E-state index contributed by atoms with van der Waals surface area (Å²) in [7, 11) is 1.48. The maximum atomic E-state index is 12.6. The molecule has 0 atom stereocenters. The van der Waals surface area contributed by atoms with Crippen LogP contribution in [0.4, 0.5) is 0 Å². The number of carbonyl (C=O) groups is 2. The lowest BCUT2D eigenvalue weighted by Gasteiger charge is -2.11. The zero-order chi connectivity index (χ0) is 19.4. The number of nitrogens with one attached hydrogen (secondary N) is 2. The lowest BCUT2D eigenvalue weighted by Crippen LogP contribution is -2.35. The van der Waals surface area contributed by atoms with Crippen molar-refractivity contribution in [2.45, 2.75) is 13.1 Å². The molecule has 0 saturated heterocycles. The zero-order valence-corrected chi connectivity index (χ0v) is 15.3. The first-order valence-corrected chi connectivity index (χ1v) is 8.60. The number of hydrogen-bond acceptors (Lipinski definition) is 4. The topological polar surface area (TPSA) is 93.1 Å². The molecule has 0 aliphatic carbocycles. The highest BCUT2D eigenvalue weighted by molar-refractivity contribution is 6.30. The first kappa shape index (κ1) is 18.6. The Labute approximate surface area is 160 Å². The first-order chi connectivity index (χ1) is 13.0. The van der Waals surface area contributed by atoms with E-state index in [9.17, 15) is 14.4 Å². The second-order valence-electron chi connectivity index (χ2n) is 5.84. The van der Waals surface area contributed by atoms with Crippen LogP contribution in [0.25, 0.3) is 10.8 Å². The summed E-state index contributed by atoms with van der Waals surface area (Å²) < 4.78 is 1.00. The van der Waals surface area contributed by atoms with Gasteiger partial charge in [0.2, 0.25) is 5.91 Å². The fourth-order valence-electron chi connectivity index (χ4n) is 2.67. The molecule has 7 nitrogen and oxygen atoms in total. The highest BCUT2D eigenvalue weighted by atomic mass is 35.5. The van der Waals surface area contributed by atoms with Crippen LogP contribution in [0.3, 0.4) is 0 Å². The number of hydrogen-bond donors (Lipinski definition) is 2. The van der Waals surface area contributed by atoms with E-state index in [1.165, 1.54) is 7.05 Å². The molecule has 0 saturated carbocycles. The molecule has 2 amide bonds. The van der Waals surface area contributed by atoms with Gasteiger partial charge >= 0.3 is 0 Å². The monoisotopic (exact) mass is 384 g/mol. The van der Waals surface area contributed by atoms with Gasteiger partial charge in [0.1, 0.15) is 6.54 Å². The number of benzene rings is 2. The van der Waals surface area contributed by atoms with E-state index in [4.69, 9.17) is 11.6 Å². The SMILES string of the molecule is CNC(=O)c1nn(CC(=O)NCc2cccc(Cl)c2)c(=O)c2ccccc12. The number of aromatic nitrogens is 2. The van der Waals surface area contributed by atoms with Crippen molar-refractivity contribution in [2.75, 3.05) is 7.05 Å². The van der Waals surface area contributed by atoms with Crippen molar-refractivity contribution in [3.8, 4) is 0 Å². The van der Waals surface area contributed by atoms with Gasteiger partial charge in [-0.2, -0.15) is 5.10 Å². The number of fused-ring (bicyclic) bond motifs is 1. The third-order valence-electron chi connectivity index (χ3n) is 3.98. The van der Waals surface area contributed by atoms with E-state index in [0.717, 1.165) is 10.2 Å². The second kappa shape index (κ2) is 8.01. The Balaban J connectivity index is 1.85. The van der Waals surface area contributed by atoms with Gasteiger partial charge in [-0.25, -0.2) is 4.68 Å². The van der Waals surface area contributed by atoms with Gasteiger partial charge in [0, 0.05) is 24.0 Å². The molecule has 0 aliphatic heterocycles. The van der Waals surface area contributed by atoms with Crippen molar-refractivity contribution in [3.05, 3.63) is 75.2 Å². The summed E-state index contributed by atoms with van der Waals surface area (Å²) in [6, 6.07) is 13.8. The molecule has 2 aromatic carbocycles. The van der Waals surface area contributed by atoms with E-state index in [1.807, 2.05) is 6.07 Å². The summed E-state index contributed by atoms with van der Waals surface area (Å²) in [4.78, 5) is 37.0. The van der Waals surface area contributed by atoms with Crippen molar-refractivity contribution in [1.29, 1.82) is 0 Å².